The number of nitrogens with zero attached hydrogens (tertiary/aromatic N) is 3. The van der Waals surface area contributed by atoms with Crippen LogP contribution in [-0.4, -0.2) is 14.8 Å². The van der Waals surface area contributed by atoms with Gasteiger partial charge in [0.05, 0.1) is 6.20 Å². The van der Waals surface area contributed by atoms with Gasteiger partial charge in [-0.3, -0.25) is 0 Å². The molecule has 0 atom stereocenters. The first-order valence-electron chi connectivity index (χ1n) is 3.79. The Morgan fingerprint density at radius 1 is 1.43 bits per heavy atom. The molecule has 2 rings (SSSR count). The molecule has 0 aliphatic rings. The molecule has 2 aromatic rings. The van der Waals surface area contributed by atoms with Crippen LogP contribution in [0.15, 0.2) is 29.0 Å². The first-order chi connectivity index (χ1) is 6.66. The molecule has 0 unspecified atom stereocenters. The summed E-state index contributed by atoms with van der Waals surface area (Å²) in [5, 5.41) is 4.42. The van der Waals surface area contributed by atoms with E-state index < -0.39 is 0 Å². The lowest BCUT2D eigenvalue weighted by Gasteiger charge is -1.98. The van der Waals surface area contributed by atoms with E-state index in [-0.39, 0.29) is 0 Å². The van der Waals surface area contributed by atoms with E-state index in [1.165, 1.54) is 4.68 Å². The lowest BCUT2D eigenvalue weighted by Crippen LogP contribution is -1.98. The Morgan fingerprint density at radius 2 is 2.21 bits per heavy atom. The first-order valence-corrected chi connectivity index (χ1v) is 4.96. The van der Waals surface area contributed by atoms with Crippen LogP contribution in [-0.2, 0) is 0 Å². The van der Waals surface area contributed by atoms with Gasteiger partial charge < -0.3 is 5.73 Å². The van der Waals surface area contributed by atoms with Crippen LogP contribution < -0.4 is 5.73 Å². The molecule has 0 fully saturated rings. The minimum Gasteiger partial charge on any atom is -0.381 e. The summed E-state index contributed by atoms with van der Waals surface area (Å²) in [6, 6.07) is 3.68. The second-order valence-corrected chi connectivity index (χ2v) is 3.96. The fraction of sp³-hybridized carbons (Fsp3) is 0. The molecule has 0 saturated carbocycles. The highest BCUT2D eigenvalue weighted by molar-refractivity contribution is 9.10. The number of halogens is 2. The summed E-state index contributed by atoms with van der Waals surface area (Å²) in [4.78, 5) is 4.14. The minimum atomic E-state index is 0.302. The number of hydrogen-bond acceptors (Lipinski definition) is 3. The third-order valence-electron chi connectivity index (χ3n) is 1.64. The van der Waals surface area contributed by atoms with Gasteiger partial charge in [-0.05, 0) is 28.1 Å². The Hall–Kier alpha value is -1.07. The maximum Gasteiger partial charge on any atom is 0.164 e. The van der Waals surface area contributed by atoms with Crippen LogP contribution >= 0.6 is 27.5 Å². The Labute approximate surface area is 93.8 Å². The van der Waals surface area contributed by atoms with Gasteiger partial charge in [0.15, 0.2) is 11.6 Å². The molecule has 4 nitrogen and oxygen atoms in total. The largest absolute Gasteiger partial charge is 0.381 e. The lowest BCUT2D eigenvalue weighted by atomic mass is 10.5. The summed E-state index contributed by atoms with van der Waals surface area (Å²) < 4.78 is 2.44. The molecule has 2 aromatic heterocycles. The zero-order valence-electron chi connectivity index (χ0n) is 6.98. The topological polar surface area (TPSA) is 56.7 Å². The highest BCUT2D eigenvalue weighted by atomic mass is 79.9. The molecular weight excluding hydrogens is 267 g/mol. The smallest absolute Gasteiger partial charge is 0.164 e. The van der Waals surface area contributed by atoms with Gasteiger partial charge in [-0.1, -0.05) is 11.6 Å². The molecule has 0 saturated heterocycles. The average Bonchev–Trinajstić information content (AvgIpc) is 2.48. The maximum absolute atomic E-state index is 5.77. The normalized spacial score (nSPS) is 10.4. The van der Waals surface area contributed by atoms with Crippen molar-refractivity contribution in [1.29, 1.82) is 0 Å². The van der Waals surface area contributed by atoms with Gasteiger partial charge in [0.1, 0.15) is 5.02 Å². The van der Waals surface area contributed by atoms with E-state index in [9.17, 15) is 0 Å². The van der Waals surface area contributed by atoms with E-state index in [1.807, 2.05) is 12.1 Å². The molecule has 0 amide bonds. The van der Waals surface area contributed by atoms with Gasteiger partial charge in [0.2, 0.25) is 0 Å². The first kappa shape index (κ1) is 9.48. The van der Waals surface area contributed by atoms with Gasteiger partial charge in [-0.25, -0.2) is 9.67 Å². The molecule has 72 valence electrons. The number of anilines is 1. The van der Waals surface area contributed by atoms with Crippen molar-refractivity contribution in [2.45, 2.75) is 0 Å². The van der Waals surface area contributed by atoms with Crippen molar-refractivity contribution in [2.75, 3.05) is 5.73 Å². The average molecular weight is 274 g/mol. The Bertz CT molecular complexity index is 431. The molecule has 0 aliphatic carbocycles. The third-order valence-corrected chi connectivity index (χ3v) is 2.40. The highest BCUT2D eigenvalue weighted by Crippen LogP contribution is 2.18. The van der Waals surface area contributed by atoms with E-state index in [2.05, 4.69) is 26.0 Å². The lowest BCUT2D eigenvalue weighted by molar-refractivity contribution is 0.851. The summed E-state index contributed by atoms with van der Waals surface area (Å²) in [5.74, 6) is 0.975. The number of aromatic nitrogens is 3. The van der Waals surface area contributed by atoms with Crippen LogP contribution in [0, 0.1) is 0 Å². The SMILES string of the molecule is Nc1nn(-c2ccc(Br)cn2)cc1Cl. The number of nitrogen functional groups attached to an aromatic ring is 1. The van der Waals surface area contributed by atoms with Gasteiger partial charge in [0.25, 0.3) is 0 Å². The predicted octanol–water partition coefficient (Wildman–Crippen LogP) is 2.27. The van der Waals surface area contributed by atoms with Crippen molar-refractivity contribution < 1.29 is 0 Å². The van der Waals surface area contributed by atoms with Crippen LogP contribution in [0.1, 0.15) is 0 Å². The van der Waals surface area contributed by atoms with Gasteiger partial charge in [-0.2, -0.15) is 0 Å². The fourth-order valence-electron chi connectivity index (χ4n) is 0.987. The molecule has 0 radical (unpaired) electrons. The Balaban J connectivity index is 2.44. The second-order valence-electron chi connectivity index (χ2n) is 2.64. The highest BCUT2D eigenvalue weighted by Gasteiger charge is 2.04. The molecule has 14 heavy (non-hydrogen) atoms. The standard InChI is InChI=1S/C8H6BrClN4/c9-5-1-2-7(12-3-5)14-4-6(10)8(11)13-14/h1-4H,(H2,11,13). The number of rotatable bonds is 1. The van der Waals surface area contributed by atoms with E-state index in [1.54, 1.807) is 12.4 Å². The van der Waals surface area contributed by atoms with Gasteiger partial charge >= 0.3 is 0 Å². The molecule has 0 aliphatic heterocycles. The van der Waals surface area contributed by atoms with Crippen molar-refractivity contribution >= 4 is 33.3 Å². The van der Waals surface area contributed by atoms with Crippen LogP contribution in [0.5, 0.6) is 0 Å². The molecule has 0 spiro atoms. The molecular formula is C8H6BrClN4. The van der Waals surface area contributed by atoms with Crippen LogP contribution in [0.2, 0.25) is 5.02 Å². The summed E-state index contributed by atoms with van der Waals surface area (Å²) >= 11 is 9.06. The summed E-state index contributed by atoms with van der Waals surface area (Å²) in [7, 11) is 0. The molecule has 2 N–H and O–H groups in total. The van der Waals surface area contributed by atoms with Crippen molar-refractivity contribution in [3.63, 3.8) is 0 Å². The predicted molar refractivity (Wildman–Crippen MR) is 58.5 cm³/mol. The summed E-state index contributed by atoms with van der Waals surface area (Å²) in [5.41, 5.74) is 5.51. The van der Waals surface area contributed by atoms with Crippen molar-refractivity contribution in [2.24, 2.45) is 0 Å². The monoisotopic (exact) mass is 272 g/mol. The molecule has 2 heterocycles. The molecule has 0 bridgehead atoms. The summed E-state index contributed by atoms with van der Waals surface area (Å²) in [6.07, 6.45) is 3.30. The Morgan fingerprint density at radius 3 is 2.71 bits per heavy atom. The van der Waals surface area contributed by atoms with Crippen molar-refractivity contribution in [3.8, 4) is 5.82 Å². The fourth-order valence-corrected chi connectivity index (χ4v) is 1.35. The van der Waals surface area contributed by atoms with Crippen molar-refractivity contribution in [3.05, 3.63) is 34.0 Å². The summed E-state index contributed by atoms with van der Waals surface area (Å²) in [6.45, 7) is 0. The van der Waals surface area contributed by atoms with E-state index >= 15 is 0 Å². The number of nitrogens with two attached hydrogens (primary N) is 1. The Kier molecular flexibility index (Phi) is 2.43. The van der Waals surface area contributed by atoms with E-state index in [0.717, 1.165) is 4.47 Å². The quantitative estimate of drug-likeness (QED) is 0.867. The van der Waals surface area contributed by atoms with Gasteiger partial charge in [0, 0.05) is 10.7 Å². The van der Waals surface area contributed by atoms with E-state index in [0.29, 0.717) is 16.7 Å². The zero-order chi connectivity index (χ0) is 10.1. The third kappa shape index (κ3) is 1.73. The minimum absolute atomic E-state index is 0.302. The molecule has 6 heteroatoms. The second kappa shape index (κ2) is 3.59. The number of pyridine rings is 1. The van der Waals surface area contributed by atoms with Crippen LogP contribution in [0.25, 0.3) is 5.82 Å². The van der Waals surface area contributed by atoms with Crippen molar-refractivity contribution in [1.82, 2.24) is 14.8 Å². The van der Waals surface area contributed by atoms with E-state index in [4.69, 9.17) is 17.3 Å². The number of hydrogen-bond donors (Lipinski definition) is 1. The van der Waals surface area contributed by atoms with Crippen LogP contribution in [0.4, 0.5) is 5.82 Å². The van der Waals surface area contributed by atoms with Gasteiger partial charge in [-0.15, -0.1) is 5.10 Å². The maximum atomic E-state index is 5.77. The zero-order valence-corrected chi connectivity index (χ0v) is 9.33. The van der Waals surface area contributed by atoms with Crippen LogP contribution in [0.3, 0.4) is 0 Å². The molecule has 0 aromatic carbocycles.